The third-order valence-corrected chi connectivity index (χ3v) is 2.60. The number of hydrogen-bond acceptors (Lipinski definition) is 2. The van der Waals surface area contributed by atoms with Crippen LogP contribution < -0.4 is 0 Å². The minimum Gasteiger partial charge on any atom is -0.493 e. The predicted octanol–water partition coefficient (Wildman–Crippen LogP) is 2.71. The zero-order valence-corrected chi connectivity index (χ0v) is 8.54. The third kappa shape index (κ3) is 1.26. The van der Waals surface area contributed by atoms with E-state index in [0.717, 1.165) is 16.8 Å². The van der Waals surface area contributed by atoms with Crippen molar-refractivity contribution >= 4 is 5.65 Å². The lowest BCUT2D eigenvalue weighted by atomic mass is 10.1. The van der Waals surface area contributed by atoms with Crippen LogP contribution in [0.1, 0.15) is 0 Å². The number of aromatic hydroxyl groups is 1. The summed E-state index contributed by atoms with van der Waals surface area (Å²) < 4.78 is 1.67. The lowest BCUT2D eigenvalue weighted by molar-refractivity contribution is 0.448. The molecule has 0 aliphatic heterocycles. The molecule has 0 atom stereocenters. The van der Waals surface area contributed by atoms with E-state index in [1.165, 1.54) is 6.20 Å². The fraction of sp³-hybridized carbons (Fsp3) is 0. The van der Waals surface area contributed by atoms with E-state index >= 15 is 0 Å². The van der Waals surface area contributed by atoms with E-state index in [-0.39, 0.29) is 5.88 Å². The van der Waals surface area contributed by atoms with Crippen molar-refractivity contribution in [2.75, 3.05) is 0 Å². The van der Waals surface area contributed by atoms with Crippen molar-refractivity contribution in [3.63, 3.8) is 0 Å². The Kier molecular flexibility index (Phi) is 1.90. The van der Waals surface area contributed by atoms with E-state index in [0.29, 0.717) is 0 Å². The number of hydrogen-bond donors (Lipinski definition) is 1. The van der Waals surface area contributed by atoms with Gasteiger partial charge in [0.25, 0.3) is 0 Å². The van der Waals surface area contributed by atoms with Crippen LogP contribution in [0, 0.1) is 0 Å². The summed E-state index contributed by atoms with van der Waals surface area (Å²) in [5.74, 6) is 0.160. The second kappa shape index (κ2) is 3.38. The van der Waals surface area contributed by atoms with Gasteiger partial charge in [0, 0.05) is 11.8 Å². The number of benzene rings is 1. The van der Waals surface area contributed by atoms with Crippen LogP contribution in [-0.4, -0.2) is 14.5 Å². The average molecular weight is 210 g/mol. The molecule has 0 fully saturated rings. The largest absolute Gasteiger partial charge is 0.493 e. The molecule has 2 aromatic heterocycles. The van der Waals surface area contributed by atoms with Gasteiger partial charge in [0.05, 0.1) is 6.20 Å². The molecule has 2 heterocycles. The molecule has 0 amide bonds. The first-order valence-electron chi connectivity index (χ1n) is 5.07. The Balaban J connectivity index is 2.32. The molecular weight excluding hydrogens is 200 g/mol. The van der Waals surface area contributed by atoms with Crippen LogP contribution in [0.4, 0.5) is 0 Å². The molecule has 0 radical (unpaired) electrons. The molecule has 0 bridgehead atoms. The molecule has 78 valence electrons. The monoisotopic (exact) mass is 210 g/mol. The Morgan fingerprint density at radius 3 is 2.62 bits per heavy atom. The topological polar surface area (TPSA) is 37.5 Å². The Hall–Kier alpha value is -2.29. The molecule has 0 saturated heterocycles. The summed E-state index contributed by atoms with van der Waals surface area (Å²) in [5.41, 5.74) is 2.88. The molecule has 1 aromatic carbocycles. The Labute approximate surface area is 92.6 Å². The maximum absolute atomic E-state index is 9.58. The predicted molar refractivity (Wildman–Crippen MR) is 62.3 cm³/mol. The van der Waals surface area contributed by atoms with E-state index in [2.05, 4.69) is 4.98 Å². The maximum Gasteiger partial charge on any atom is 0.215 e. The van der Waals surface area contributed by atoms with Gasteiger partial charge in [-0.1, -0.05) is 30.3 Å². The Morgan fingerprint density at radius 1 is 1.00 bits per heavy atom. The first-order valence-corrected chi connectivity index (χ1v) is 5.07. The maximum atomic E-state index is 9.58. The van der Waals surface area contributed by atoms with Gasteiger partial charge in [-0.3, -0.25) is 4.40 Å². The molecule has 3 heteroatoms. The van der Waals surface area contributed by atoms with Crippen molar-refractivity contribution in [1.29, 1.82) is 0 Å². The molecule has 3 rings (SSSR count). The number of imidazole rings is 1. The minimum absolute atomic E-state index is 0.160. The smallest absolute Gasteiger partial charge is 0.215 e. The first kappa shape index (κ1) is 8.97. The lowest BCUT2D eigenvalue weighted by Gasteiger charge is -2.03. The van der Waals surface area contributed by atoms with E-state index < -0.39 is 0 Å². The van der Waals surface area contributed by atoms with Crippen LogP contribution >= 0.6 is 0 Å². The van der Waals surface area contributed by atoms with E-state index in [4.69, 9.17) is 0 Å². The lowest BCUT2D eigenvalue weighted by Crippen LogP contribution is -1.87. The van der Waals surface area contributed by atoms with E-state index in [1.54, 1.807) is 10.6 Å². The quantitative estimate of drug-likeness (QED) is 0.670. The van der Waals surface area contributed by atoms with Gasteiger partial charge < -0.3 is 5.11 Å². The zero-order chi connectivity index (χ0) is 11.0. The molecule has 0 aliphatic carbocycles. The standard InChI is InChI=1S/C13H10N2O/c16-12-9-14-13-11(7-4-8-15(12)13)10-5-2-1-3-6-10/h1-9,16H. The van der Waals surface area contributed by atoms with Crippen LogP contribution in [0.2, 0.25) is 0 Å². The van der Waals surface area contributed by atoms with Gasteiger partial charge in [-0.15, -0.1) is 0 Å². The molecule has 0 saturated carbocycles. The molecule has 0 unspecified atom stereocenters. The zero-order valence-electron chi connectivity index (χ0n) is 8.54. The molecular formula is C13H10N2O. The fourth-order valence-corrected chi connectivity index (χ4v) is 1.84. The van der Waals surface area contributed by atoms with E-state index in [9.17, 15) is 5.11 Å². The van der Waals surface area contributed by atoms with Crippen LogP contribution in [0.3, 0.4) is 0 Å². The summed E-state index contributed by atoms with van der Waals surface area (Å²) in [5, 5.41) is 9.58. The highest BCUT2D eigenvalue weighted by molar-refractivity contribution is 5.77. The second-order valence-electron chi connectivity index (χ2n) is 3.60. The SMILES string of the molecule is Oc1cnc2c(-c3ccccc3)cccn12. The third-order valence-electron chi connectivity index (χ3n) is 2.60. The van der Waals surface area contributed by atoms with Gasteiger partial charge in [0.2, 0.25) is 5.88 Å². The van der Waals surface area contributed by atoms with Crippen molar-refractivity contribution < 1.29 is 5.11 Å². The summed E-state index contributed by atoms with van der Waals surface area (Å²) >= 11 is 0. The Morgan fingerprint density at radius 2 is 1.81 bits per heavy atom. The number of aromatic nitrogens is 2. The average Bonchev–Trinajstić information content (AvgIpc) is 2.73. The summed E-state index contributed by atoms with van der Waals surface area (Å²) in [6.07, 6.45) is 3.26. The van der Waals surface area contributed by atoms with Gasteiger partial charge in [-0.25, -0.2) is 4.98 Å². The van der Waals surface area contributed by atoms with Crippen molar-refractivity contribution in [1.82, 2.24) is 9.38 Å². The van der Waals surface area contributed by atoms with Gasteiger partial charge >= 0.3 is 0 Å². The Bertz CT molecular complexity index is 629. The van der Waals surface area contributed by atoms with Crippen LogP contribution in [-0.2, 0) is 0 Å². The van der Waals surface area contributed by atoms with Crippen molar-refractivity contribution in [2.45, 2.75) is 0 Å². The molecule has 3 aromatic rings. The van der Waals surface area contributed by atoms with Gasteiger partial charge in [0.1, 0.15) is 5.65 Å². The molecule has 16 heavy (non-hydrogen) atoms. The van der Waals surface area contributed by atoms with E-state index in [1.807, 2.05) is 42.5 Å². The van der Waals surface area contributed by atoms with Gasteiger partial charge in [-0.2, -0.15) is 0 Å². The number of rotatable bonds is 1. The summed E-state index contributed by atoms with van der Waals surface area (Å²) in [6, 6.07) is 13.9. The summed E-state index contributed by atoms with van der Waals surface area (Å²) in [7, 11) is 0. The highest BCUT2D eigenvalue weighted by atomic mass is 16.3. The van der Waals surface area contributed by atoms with Gasteiger partial charge in [0.15, 0.2) is 0 Å². The van der Waals surface area contributed by atoms with Gasteiger partial charge in [-0.05, 0) is 17.7 Å². The van der Waals surface area contributed by atoms with Crippen LogP contribution in [0.5, 0.6) is 5.88 Å². The second-order valence-corrected chi connectivity index (χ2v) is 3.60. The number of pyridine rings is 1. The van der Waals surface area contributed by atoms with Crippen molar-refractivity contribution in [2.24, 2.45) is 0 Å². The summed E-state index contributed by atoms with van der Waals surface area (Å²) in [6.45, 7) is 0. The van der Waals surface area contributed by atoms with Crippen molar-refractivity contribution in [3.8, 4) is 17.0 Å². The number of nitrogens with zero attached hydrogens (tertiary/aromatic N) is 2. The summed E-state index contributed by atoms with van der Waals surface area (Å²) in [4.78, 5) is 4.21. The molecule has 1 N–H and O–H groups in total. The van der Waals surface area contributed by atoms with Crippen LogP contribution in [0.25, 0.3) is 16.8 Å². The molecule has 0 aliphatic rings. The molecule has 0 spiro atoms. The highest BCUT2D eigenvalue weighted by Crippen LogP contribution is 2.25. The normalized spacial score (nSPS) is 10.8. The highest BCUT2D eigenvalue weighted by Gasteiger charge is 2.07. The first-order chi connectivity index (χ1) is 7.86. The fourth-order valence-electron chi connectivity index (χ4n) is 1.84. The minimum atomic E-state index is 0.160. The number of fused-ring (bicyclic) bond motifs is 1. The van der Waals surface area contributed by atoms with Crippen LogP contribution in [0.15, 0.2) is 54.9 Å². The molecule has 3 nitrogen and oxygen atoms in total. The van der Waals surface area contributed by atoms with Crippen molar-refractivity contribution in [3.05, 3.63) is 54.9 Å².